The predicted molar refractivity (Wildman–Crippen MR) is 97.4 cm³/mol. The molecule has 1 aromatic rings. The smallest absolute Gasteiger partial charge is 0.253 e. The number of aryl methyl sites for hydroxylation is 1. The number of nitrogens with zero attached hydrogens (tertiary/aromatic N) is 2. The van der Waals surface area contributed by atoms with Gasteiger partial charge < -0.3 is 4.84 Å². The maximum atomic E-state index is 12.7. The third kappa shape index (κ3) is 5.98. The van der Waals surface area contributed by atoms with Crippen molar-refractivity contribution in [2.45, 2.75) is 37.5 Å². The van der Waals surface area contributed by atoms with E-state index in [-0.39, 0.29) is 12.4 Å². The highest BCUT2D eigenvalue weighted by atomic mass is 35.5. The molecule has 1 aliphatic heterocycles. The van der Waals surface area contributed by atoms with E-state index in [1.807, 2.05) is 17.2 Å². The van der Waals surface area contributed by atoms with Gasteiger partial charge in [0, 0.05) is 26.2 Å². The van der Waals surface area contributed by atoms with Crippen LogP contribution in [0.3, 0.4) is 0 Å². The summed E-state index contributed by atoms with van der Waals surface area (Å²) in [4.78, 5) is 8.26. The van der Waals surface area contributed by atoms with Crippen LogP contribution in [0.1, 0.15) is 31.7 Å². The Bertz CT molecular complexity index is 590. The molecule has 1 heterocycles. The first kappa shape index (κ1) is 21.3. The Morgan fingerprint density at radius 3 is 2.42 bits per heavy atom. The van der Waals surface area contributed by atoms with Crippen molar-refractivity contribution in [2.24, 2.45) is 0 Å². The fourth-order valence-electron chi connectivity index (χ4n) is 2.72. The van der Waals surface area contributed by atoms with Gasteiger partial charge in [0.1, 0.15) is 0 Å². The second-order valence-corrected chi connectivity index (χ2v) is 7.39. The number of hydroxylamine groups is 2. The second-order valence-electron chi connectivity index (χ2n) is 5.76. The number of hydrazine groups is 1. The lowest BCUT2D eigenvalue weighted by molar-refractivity contribution is -0.153. The van der Waals surface area contributed by atoms with Crippen LogP contribution < -0.4 is 4.83 Å². The summed E-state index contributed by atoms with van der Waals surface area (Å²) in [5.41, 5.74) is 0.893. The van der Waals surface area contributed by atoms with Crippen LogP contribution in [-0.2, 0) is 21.3 Å². The molecule has 2 rings (SSSR count). The van der Waals surface area contributed by atoms with E-state index < -0.39 is 10.0 Å². The topological polar surface area (TPSA) is 61.9 Å². The van der Waals surface area contributed by atoms with Gasteiger partial charge in [0.05, 0.1) is 12.0 Å². The van der Waals surface area contributed by atoms with E-state index in [1.54, 1.807) is 24.3 Å². The summed E-state index contributed by atoms with van der Waals surface area (Å²) in [6.45, 7) is 4.70. The molecule has 138 valence electrons. The molecule has 1 aromatic carbocycles. The molecule has 1 saturated heterocycles. The first-order chi connectivity index (χ1) is 11.1. The standard InChI is InChI=1S/C16H27N3O3S.ClH/c1-3-4-5-8-15-9-6-7-10-16(15)23(20,21)17-18-11-13-19(22-2)14-12-18;/h6-7,9-10,17H,3-5,8,11-14H2,1-2H3;1H. The minimum Gasteiger partial charge on any atom is -0.302 e. The average molecular weight is 378 g/mol. The first-order valence-corrected chi connectivity index (χ1v) is 9.69. The molecule has 1 N–H and O–H groups in total. The molecule has 0 atom stereocenters. The molecule has 1 aliphatic rings. The molecule has 0 saturated carbocycles. The third-order valence-corrected chi connectivity index (χ3v) is 5.53. The molecular formula is C16H28ClN3O3S. The SMILES string of the molecule is CCCCCc1ccccc1S(=O)(=O)NN1CCN(OC)CC1.Cl. The molecule has 0 aromatic heterocycles. The van der Waals surface area contributed by atoms with Gasteiger partial charge in [-0.25, -0.2) is 13.4 Å². The van der Waals surface area contributed by atoms with Crippen LogP contribution in [-0.4, -0.2) is 51.8 Å². The summed E-state index contributed by atoms with van der Waals surface area (Å²) in [5.74, 6) is 0. The molecule has 0 unspecified atom stereocenters. The van der Waals surface area contributed by atoms with Crippen molar-refractivity contribution in [3.05, 3.63) is 29.8 Å². The van der Waals surface area contributed by atoms with Crippen LogP contribution in [0.15, 0.2) is 29.2 Å². The van der Waals surface area contributed by atoms with Crippen LogP contribution in [0.25, 0.3) is 0 Å². The van der Waals surface area contributed by atoms with Gasteiger partial charge in [-0.3, -0.25) is 0 Å². The quantitative estimate of drug-likeness (QED) is 0.704. The Morgan fingerprint density at radius 2 is 1.79 bits per heavy atom. The number of sulfonamides is 1. The summed E-state index contributed by atoms with van der Waals surface area (Å²) >= 11 is 0. The van der Waals surface area contributed by atoms with E-state index in [2.05, 4.69) is 11.8 Å². The highest BCUT2D eigenvalue weighted by Gasteiger charge is 2.24. The van der Waals surface area contributed by atoms with Gasteiger partial charge in [-0.05, 0) is 24.5 Å². The van der Waals surface area contributed by atoms with Crippen LogP contribution in [0.5, 0.6) is 0 Å². The van der Waals surface area contributed by atoms with Crippen LogP contribution >= 0.6 is 12.4 Å². The maximum absolute atomic E-state index is 12.7. The molecule has 0 amide bonds. The average Bonchev–Trinajstić information content (AvgIpc) is 2.56. The zero-order chi connectivity index (χ0) is 16.7. The number of rotatable bonds is 8. The van der Waals surface area contributed by atoms with Crippen molar-refractivity contribution in [3.8, 4) is 0 Å². The van der Waals surface area contributed by atoms with Crippen molar-refractivity contribution in [3.63, 3.8) is 0 Å². The third-order valence-electron chi connectivity index (χ3n) is 4.06. The van der Waals surface area contributed by atoms with E-state index in [0.29, 0.717) is 31.1 Å². The zero-order valence-corrected chi connectivity index (χ0v) is 16.0. The number of hydrogen-bond donors (Lipinski definition) is 1. The Kier molecular flexibility index (Phi) is 9.18. The number of hydrogen-bond acceptors (Lipinski definition) is 5. The van der Waals surface area contributed by atoms with Gasteiger partial charge in [-0.15, -0.1) is 17.2 Å². The zero-order valence-electron chi connectivity index (χ0n) is 14.4. The molecule has 0 aliphatic carbocycles. The molecular weight excluding hydrogens is 350 g/mol. The summed E-state index contributed by atoms with van der Waals surface area (Å²) in [5, 5.41) is 3.57. The Hall–Kier alpha value is -0.700. The molecule has 1 fully saturated rings. The Morgan fingerprint density at radius 1 is 1.12 bits per heavy atom. The van der Waals surface area contributed by atoms with E-state index in [1.165, 1.54) is 0 Å². The number of halogens is 1. The lowest BCUT2D eigenvalue weighted by Crippen LogP contribution is -2.53. The van der Waals surface area contributed by atoms with E-state index in [4.69, 9.17) is 4.84 Å². The monoisotopic (exact) mass is 377 g/mol. The van der Waals surface area contributed by atoms with Crippen molar-refractivity contribution >= 4 is 22.4 Å². The number of unbranched alkanes of at least 4 members (excludes halogenated alkanes) is 2. The second kappa shape index (κ2) is 10.3. The minimum absolute atomic E-state index is 0. The summed E-state index contributed by atoms with van der Waals surface area (Å²) in [6, 6.07) is 7.28. The fourth-order valence-corrected chi connectivity index (χ4v) is 4.11. The van der Waals surface area contributed by atoms with Crippen molar-refractivity contribution in [1.29, 1.82) is 0 Å². The number of benzene rings is 1. The van der Waals surface area contributed by atoms with Gasteiger partial charge in [0.25, 0.3) is 10.0 Å². The van der Waals surface area contributed by atoms with Crippen molar-refractivity contribution < 1.29 is 13.3 Å². The molecule has 6 nitrogen and oxygen atoms in total. The van der Waals surface area contributed by atoms with E-state index in [9.17, 15) is 8.42 Å². The minimum atomic E-state index is -3.54. The largest absolute Gasteiger partial charge is 0.302 e. The number of nitrogens with one attached hydrogen (secondary N) is 1. The number of piperazine rings is 1. The molecule has 0 radical (unpaired) electrons. The van der Waals surface area contributed by atoms with Crippen molar-refractivity contribution in [1.82, 2.24) is 14.9 Å². The van der Waals surface area contributed by atoms with E-state index >= 15 is 0 Å². The van der Waals surface area contributed by atoms with Crippen LogP contribution in [0.2, 0.25) is 0 Å². The normalized spacial score (nSPS) is 16.8. The lowest BCUT2D eigenvalue weighted by atomic mass is 10.1. The van der Waals surface area contributed by atoms with Crippen LogP contribution in [0.4, 0.5) is 0 Å². The molecule has 8 heteroatoms. The highest BCUT2D eigenvalue weighted by Crippen LogP contribution is 2.18. The summed E-state index contributed by atoms with van der Waals surface area (Å²) in [6.07, 6.45) is 4.04. The van der Waals surface area contributed by atoms with Gasteiger partial charge in [-0.1, -0.05) is 38.0 Å². The maximum Gasteiger partial charge on any atom is 0.253 e. The molecule has 24 heavy (non-hydrogen) atoms. The first-order valence-electron chi connectivity index (χ1n) is 8.21. The van der Waals surface area contributed by atoms with Gasteiger partial charge in [0.15, 0.2) is 0 Å². The van der Waals surface area contributed by atoms with Crippen molar-refractivity contribution in [2.75, 3.05) is 33.3 Å². The van der Waals surface area contributed by atoms with Crippen LogP contribution in [0, 0.1) is 0 Å². The van der Waals surface area contributed by atoms with Gasteiger partial charge in [0.2, 0.25) is 0 Å². The summed E-state index contributed by atoms with van der Waals surface area (Å²) in [7, 11) is -1.90. The Balaban J connectivity index is 0.00000288. The lowest BCUT2D eigenvalue weighted by Gasteiger charge is -2.32. The predicted octanol–water partition coefficient (Wildman–Crippen LogP) is 2.21. The van der Waals surface area contributed by atoms with Gasteiger partial charge in [-0.2, -0.15) is 5.06 Å². The van der Waals surface area contributed by atoms with Gasteiger partial charge >= 0.3 is 0 Å². The molecule has 0 bridgehead atoms. The Labute approximate surface area is 151 Å². The summed E-state index contributed by atoms with van der Waals surface area (Å²) < 4.78 is 25.4. The highest BCUT2D eigenvalue weighted by molar-refractivity contribution is 7.89. The molecule has 0 spiro atoms. The van der Waals surface area contributed by atoms with E-state index in [0.717, 1.165) is 31.2 Å². The fraction of sp³-hybridized carbons (Fsp3) is 0.625.